The van der Waals surface area contributed by atoms with Gasteiger partial charge in [0, 0.05) is 37.4 Å². The Kier molecular flexibility index (Phi) is 8.89. The van der Waals surface area contributed by atoms with Crippen LogP contribution in [0.4, 0.5) is 0 Å². The molecule has 6 heteroatoms. The van der Waals surface area contributed by atoms with Gasteiger partial charge in [0.15, 0.2) is 0 Å². The van der Waals surface area contributed by atoms with Crippen molar-refractivity contribution in [2.75, 3.05) is 0 Å². The van der Waals surface area contributed by atoms with Crippen LogP contribution < -0.4 is 0 Å². The van der Waals surface area contributed by atoms with Gasteiger partial charge >= 0.3 is 0 Å². The monoisotopic (exact) mass is 821 g/mol. The van der Waals surface area contributed by atoms with E-state index in [2.05, 4.69) is 109 Å². The van der Waals surface area contributed by atoms with Crippen LogP contribution in [0.3, 0.4) is 0 Å². The van der Waals surface area contributed by atoms with E-state index in [9.17, 15) is 0 Å². The molecule has 0 spiro atoms. The molecule has 0 saturated heterocycles. The maximum absolute atomic E-state index is 6.04. The number of pyridine rings is 2. The quantitative estimate of drug-likeness (QED) is 0.166. The van der Waals surface area contributed by atoms with E-state index in [1.807, 2.05) is 43.5 Å². The van der Waals surface area contributed by atoms with E-state index in [1.54, 1.807) is 0 Å². The minimum Gasteiger partial charge on any atom is -0.486 e. The first-order chi connectivity index (χ1) is 23.3. The van der Waals surface area contributed by atoms with Crippen molar-refractivity contribution in [2.24, 2.45) is 0 Å². The number of imidazole rings is 1. The molecule has 0 N–H and O–H groups in total. The van der Waals surface area contributed by atoms with Crippen LogP contribution in [0.2, 0.25) is 0 Å². The Morgan fingerprint density at radius 1 is 0.918 bits per heavy atom. The Labute approximate surface area is 301 Å². The number of furan rings is 1. The topological polar surface area (TPSA) is 56.7 Å². The largest absolute Gasteiger partial charge is 0.486 e. The zero-order chi connectivity index (χ0) is 33.0. The third-order valence-electron chi connectivity index (χ3n) is 9.97. The summed E-state index contributed by atoms with van der Waals surface area (Å²) in [5.74, 6) is 2.19. The Morgan fingerprint density at radius 2 is 1.76 bits per heavy atom. The number of aromatic nitrogens is 4. The number of rotatable bonds is 4. The van der Waals surface area contributed by atoms with Crippen molar-refractivity contribution in [3.8, 4) is 22.6 Å². The van der Waals surface area contributed by atoms with Crippen molar-refractivity contribution in [1.29, 1.82) is 0 Å². The molecule has 7 aromatic rings. The molecule has 4 aromatic heterocycles. The summed E-state index contributed by atoms with van der Waals surface area (Å²) in [6.45, 7) is 10.8. The fraction of sp³-hybridized carbons (Fsp3) is 0.279. The summed E-state index contributed by atoms with van der Waals surface area (Å²) in [4.78, 5) is 14.1. The van der Waals surface area contributed by atoms with Crippen molar-refractivity contribution in [1.82, 2.24) is 19.5 Å². The molecule has 9 rings (SSSR count). The van der Waals surface area contributed by atoms with E-state index < -0.39 is 0 Å². The third kappa shape index (κ3) is 6.06. The van der Waals surface area contributed by atoms with Gasteiger partial charge in [-0.25, -0.2) is 4.98 Å². The van der Waals surface area contributed by atoms with Crippen LogP contribution in [0.5, 0.6) is 0 Å². The molecule has 5 nitrogen and oxygen atoms in total. The van der Waals surface area contributed by atoms with E-state index in [0.29, 0.717) is 17.5 Å². The number of nitrogens with zero attached hydrogens (tertiary/aromatic N) is 4. The van der Waals surface area contributed by atoms with Crippen LogP contribution in [0.15, 0.2) is 89.5 Å². The van der Waals surface area contributed by atoms with Gasteiger partial charge in [-0.3, -0.25) is 4.98 Å². The van der Waals surface area contributed by atoms with Crippen LogP contribution in [0, 0.1) is 19.1 Å². The van der Waals surface area contributed by atoms with Crippen LogP contribution in [-0.4, -0.2) is 19.5 Å². The van der Waals surface area contributed by atoms with E-state index in [0.717, 1.165) is 50.2 Å². The summed E-state index contributed by atoms with van der Waals surface area (Å²) in [7, 11) is 0. The average molecular weight is 821 g/mol. The summed E-state index contributed by atoms with van der Waals surface area (Å²) in [6, 6.07) is 31.7. The summed E-state index contributed by atoms with van der Waals surface area (Å²) in [6.07, 6.45) is 11.8. The Morgan fingerprint density at radius 3 is 2.53 bits per heavy atom. The van der Waals surface area contributed by atoms with Crippen molar-refractivity contribution < 1.29 is 24.5 Å². The van der Waals surface area contributed by atoms with E-state index in [4.69, 9.17) is 9.40 Å². The fourth-order valence-electron chi connectivity index (χ4n) is 7.37. The molecule has 3 aromatic carbocycles. The van der Waals surface area contributed by atoms with Gasteiger partial charge in [0.2, 0.25) is 5.71 Å². The second-order valence-corrected chi connectivity index (χ2v) is 14.1. The normalized spacial score (nSPS) is 15.1. The van der Waals surface area contributed by atoms with Crippen LogP contribution in [0.25, 0.3) is 61.8 Å². The van der Waals surface area contributed by atoms with Gasteiger partial charge in [0.25, 0.3) is 0 Å². The van der Waals surface area contributed by atoms with Crippen LogP contribution in [0.1, 0.15) is 87.6 Å². The molecular weight excluding hydrogens is 781 g/mol. The fourth-order valence-corrected chi connectivity index (χ4v) is 7.37. The van der Waals surface area contributed by atoms with Crippen molar-refractivity contribution in [3.05, 3.63) is 120 Å². The van der Waals surface area contributed by atoms with Crippen LogP contribution >= 0.6 is 0 Å². The van der Waals surface area contributed by atoms with Crippen molar-refractivity contribution >= 4 is 39.2 Å². The number of hydrogen-bond donors (Lipinski definition) is 0. The Balaban J connectivity index is 0.000000152. The predicted octanol–water partition coefficient (Wildman–Crippen LogP) is 11.2. The minimum absolute atomic E-state index is 0. The molecule has 1 fully saturated rings. The smallest absolute Gasteiger partial charge is 0.216 e. The third-order valence-corrected chi connectivity index (χ3v) is 9.97. The molecule has 1 saturated carbocycles. The van der Waals surface area contributed by atoms with E-state index in [-0.39, 0.29) is 25.6 Å². The van der Waals surface area contributed by atoms with Gasteiger partial charge in [-0.15, -0.1) is 54.1 Å². The van der Waals surface area contributed by atoms with Crippen molar-refractivity contribution in [2.45, 2.75) is 77.7 Å². The minimum atomic E-state index is -0.0877. The molecule has 0 bridgehead atoms. The summed E-state index contributed by atoms with van der Waals surface area (Å²) in [5.41, 5.74) is 11.6. The Hall–Kier alpha value is -4.38. The summed E-state index contributed by atoms with van der Waals surface area (Å²) < 4.78 is 8.43. The first-order valence-corrected chi connectivity index (χ1v) is 17.2. The van der Waals surface area contributed by atoms with E-state index in [1.165, 1.54) is 47.9 Å². The molecule has 1 radical (unpaired) electrons. The van der Waals surface area contributed by atoms with Gasteiger partial charge in [-0.05, 0) is 92.6 Å². The molecule has 5 heterocycles. The molecule has 2 aliphatic rings. The van der Waals surface area contributed by atoms with Gasteiger partial charge < -0.3 is 14.0 Å². The van der Waals surface area contributed by atoms with Gasteiger partial charge in [-0.2, -0.15) is 0 Å². The van der Waals surface area contributed by atoms with E-state index >= 15 is 0 Å². The standard InChI is InChI=1S/C23H23N2.C20H17N2O.Ir/c1-23(2)13-12-18-14-19(16-8-6-7-9-16)15-20-21(18)25(23)22(24-20)17-10-4-3-5-11-17;1-12(2)14-9-10-21-18(11-14)17-6-4-5-15-16-8-7-13(3)22-20(16)23-19(15)17;/h3-5,10,12-16H,6-9H2,1-2H3;4-5,7-12H,1-3H3;/q2*-1;. The maximum atomic E-state index is 6.04. The number of aryl methyl sites for hydroxylation is 1. The van der Waals surface area contributed by atoms with Gasteiger partial charge in [0.05, 0.1) is 28.0 Å². The van der Waals surface area contributed by atoms with Crippen LogP contribution in [-0.2, 0) is 25.6 Å². The number of allylic oxidation sites excluding steroid dienone is 1. The van der Waals surface area contributed by atoms with Crippen molar-refractivity contribution in [3.63, 3.8) is 0 Å². The molecule has 0 atom stereocenters. The summed E-state index contributed by atoms with van der Waals surface area (Å²) in [5, 5.41) is 2.08. The molecule has 1 aliphatic carbocycles. The molecular formula is C43H40IrN4O-2. The SMILES string of the molecule is CC1(C)C=Cc2cc(C3CCCC3)cc3nc(-c4[c-]cccc4)n1c23.Cc1ccc2c(n1)oc1c(-c3cc(C(C)C)ccn3)[c-]ccc12.[Ir]. The maximum Gasteiger partial charge on any atom is 0.216 e. The molecule has 249 valence electrons. The molecule has 49 heavy (non-hydrogen) atoms. The molecule has 0 unspecified atom stereocenters. The number of hydrogen-bond acceptors (Lipinski definition) is 4. The zero-order valence-corrected chi connectivity index (χ0v) is 31.1. The molecule has 1 aliphatic heterocycles. The zero-order valence-electron chi connectivity index (χ0n) is 28.7. The number of benzene rings is 3. The number of fused-ring (bicyclic) bond motifs is 3. The second-order valence-electron chi connectivity index (χ2n) is 14.1. The average Bonchev–Trinajstić information content (AvgIpc) is 3.85. The first-order valence-electron chi connectivity index (χ1n) is 17.2. The molecule has 0 amide bonds. The Bertz CT molecular complexity index is 2320. The van der Waals surface area contributed by atoms with Gasteiger partial charge in [0.1, 0.15) is 0 Å². The van der Waals surface area contributed by atoms with Gasteiger partial charge in [-0.1, -0.05) is 61.4 Å². The predicted molar refractivity (Wildman–Crippen MR) is 196 cm³/mol. The summed E-state index contributed by atoms with van der Waals surface area (Å²) >= 11 is 0. The first kappa shape index (κ1) is 33.1. The second kappa shape index (κ2) is 13.2.